The molecule has 0 radical (unpaired) electrons. The van der Waals surface area contributed by atoms with E-state index in [2.05, 4.69) is 6.92 Å². The Morgan fingerprint density at radius 1 is 1.38 bits per heavy atom. The summed E-state index contributed by atoms with van der Waals surface area (Å²) in [5, 5.41) is 0. The summed E-state index contributed by atoms with van der Waals surface area (Å²) in [5.41, 5.74) is 5.79. The molecule has 13 heavy (non-hydrogen) atoms. The monoisotopic (exact) mass is 185 g/mol. The molecule has 1 aliphatic carbocycles. The van der Waals surface area contributed by atoms with Gasteiger partial charge in [0.15, 0.2) is 0 Å². The summed E-state index contributed by atoms with van der Waals surface area (Å²) in [7, 11) is 0. The highest BCUT2D eigenvalue weighted by atomic mass is 16.5. The topological polar surface area (TPSA) is 35.2 Å². The Bertz CT molecular complexity index is 123. The van der Waals surface area contributed by atoms with Gasteiger partial charge in [-0.05, 0) is 31.6 Å². The van der Waals surface area contributed by atoms with Gasteiger partial charge in [-0.1, -0.05) is 19.8 Å². The van der Waals surface area contributed by atoms with Gasteiger partial charge in [-0.15, -0.1) is 0 Å². The number of nitrogens with two attached hydrogens (primary N) is 1. The molecular weight excluding hydrogens is 162 g/mol. The van der Waals surface area contributed by atoms with E-state index in [1.165, 1.54) is 19.3 Å². The lowest BCUT2D eigenvalue weighted by Gasteiger charge is -2.08. The molecule has 78 valence electrons. The summed E-state index contributed by atoms with van der Waals surface area (Å²) in [5.74, 6) is 0.998. The quantitative estimate of drug-likeness (QED) is 0.589. The Balaban J connectivity index is 1.72. The molecule has 1 aliphatic rings. The largest absolute Gasteiger partial charge is 0.381 e. The van der Waals surface area contributed by atoms with E-state index in [1.807, 2.05) is 0 Å². The average Bonchev–Trinajstić information content (AvgIpc) is 2.94. The molecule has 0 saturated heterocycles. The van der Waals surface area contributed by atoms with Crippen molar-refractivity contribution < 1.29 is 4.74 Å². The normalized spacial score (nSPS) is 18.9. The van der Waals surface area contributed by atoms with Gasteiger partial charge in [0.1, 0.15) is 0 Å². The van der Waals surface area contributed by atoms with Crippen molar-refractivity contribution in [2.45, 2.75) is 51.5 Å². The molecule has 1 unspecified atom stereocenters. The van der Waals surface area contributed by atoms with Gasteiger partial charge in [-0.3, -0.25) is 0 Å². The molecule has 0 aromatic rings. The Labute approximate surface area is 81.8 Å². The first-order valence-electron chi connectivity index (χ1n) is 5.66. The maximum Gasteiger partial charge on any atom is 0.0468 e. The third kappa shape index (κ3) is 6.05. The predicted octanol–water partition coefficient (Wildman–Crippen LogP) is 2.32. The molecule has 2 N–H and O–H groups in total. The van der Waals surface area contributed by atoms with E-state index < -0.39 is 0 Å². The summed E-state index contributed by atoms with van der Waals surface area (Å²) in [6.07, 6.45) is 7.47. The second-order valence-electron chi connectivity index (χ2n) is 4.15. The maximum atomic E-state index is 5.79. The van der Waals surface area contributed by atoms with Crippen LogP contribution >= 0.6 is 0 Å². The molecule has 0 amide bonds. The lowest BCUT2D eigenvalue weighted by atomic mass is 10.1. The molecule has 1 fully saturated rings. The fourth-order valence-electron chi connectivity index (χ4n) is 1.41. The van der Waals surface area contributed by atoms with Gasteiger partial charge < -0.3 is 10.5 Å². The highest BCUT2D eigenvalue weighted by Gasteiger charge is 2.20. The minimum atomic E-state index is 0.382. The van der Waals surface area contributed by atoms with Gasteiger partial charge in [0, 0.05) is 19.3 Å². The highest BCUT2D eigenvalue weighted by molar-refractivity contribution is 4.72. The van der Waals surface area contributed by atoms with E-state index in [1.54, 1.807) is 0 Å². The van der Waals surface area contributed by atoms with E-state index in [0.717, 1.165) is 38.4 Å². The fraction of sp³-hybridized carbons (Fsp3) is 1.00. The van der Waals surface area contributed by atoms with Crippen molar-refractivity contribution in [2.24, 2.45) is 11.7 Å². The highest BCUT2D eigenvalue weighted by Crippen LogP contribution is 2.32. The van der Waals surface area contributed by atoms with Gasteiger partial charge in [0.2, 0.25) is 0 Å². The lowest BCUT2D eigenvalue weighted by Crippen LogP contribution is -2.18. The number of hydrogen-bond acceptors (Lipinski definition) is 2. The molecular formula is C11H23NO. The van der Waals surface area contributed by atoms with E-state index in [0.29, 0.717) is 6.04 Å². The first kappa shape index (κ1) is 11.0. The number of hydrogen-bond donors (Lipinski definition) is 1. The Hall–Kier alpha value is -0.0800. The molecule has 1 rings (SSSR count). The van der Waals surface area contributed by atoms with Crippen LogP contribution in [-0.2, 0) is 4.74 Å². The first-order chi connectivity index (χ1) is 6.33. The summed E-state index contributed by atoms with van der Waals surface area (Å²) in [4.78, 5) is 0. The smallest absolute Gasteiger partial charge is 0.0468 e. The van der Waals surface area contributed by atoms with Crippen LogP contribution in [0.1, 0.15) is 45.4 Å². The molecule has 1 saturated carbocycles. The molecule has 1 atom stereocenters. The van der Waals surface area contributed by atoms with Crippen molar-refractivity contribution in [3.05, 3.63) is 0 Å². The molecule has 0 heterocycles. The van der Waals surface area contributed by atoms with Gasteiger partial charge >= 0.3 is 0 Å². The van der Waals surface area contributed by atoms with Crippen LogP contribution in [0.4, 0.5) is 0 Å². The fourth-order valence-corrected chi connectivity index (χ4v) is 1.41. The molecule has 0 bridgehead atoms. The average molecular weight is 185 g/mol. The van der Waals surface area contributed by atoms with Crippen LogP contribution in [0.5, 0.6) is 0 Å². The van der Waals surface area contributed by atoms with Gasteiger partial charge in [0.05, 0.1) is 0 Å². The lowest BCUT2D eigenvalue weighted by molar-refractivity contribution is 0.123. The zero-order chi connectivity index (χ0) is 9.52. The predicted molar refractivity (Wildman–Crippen MR) is 55.7 cm³/mol. The Kier molecular flexibility index (Phi) is 5.40. The summed E-state index contributed by atoms with van der Waals surface area (Å²) in [6, 6.07) is 0.382. The van der Waals surface area contributed by atoms with Gasteiger partial charge in [0.25, 0.3) is 0 Å². The van der Waals surface area contributed by atoms with Crippen LogP contribution in [0.25, 0.3) is 0 Å². The molecule has 0 aromatic heterocycles. The Morgan fingerprint density at radius 2 is 2.15 bits per heavy atom. The molecule has 0 aliphatic heterocycles. The minimum Gasteiger partial charge on any atom is -0.381 e. The van der Waals surface area contributed by atoms with Crippen molar-refractivity contribution in [3.63, 3.8) is 0 Å². The zero-order valence-electron chi connectivity index (χ0n) is 8.80. The zero-order valence-corrected chi connectivity index (χ0v) is 8.80. The van der Waals surface area contributed by atoms with Crippen LogP contribution in [0.3, 0.4) is 0 Å². The van der Waals surface area contributed by atoms with Gasteiger partial charge in [-0.25, -0.2) is 0 Å². The summed E-state index contributed by atoms with van der Waals surface area (Å²) in [6.45, 7) is 4.01. The standard InChI is InChI=1S/C11H23NO/c1-2-11(12)4-3-8-13-9-7-10-5-6-10/h10-11H,2-9,12H2,1H3. The van der Waals surface area contributed by atoms with Crippen LogP contribution in [0, 0.1) is 5.92 Å². The molecule has 0 aromatic carbocycles. The van der Waals surface area contributed by atoms with Crippen LogP contribution < -0.4 is 5.73 Å². The summed E-state index contributed by atoms with van der Waals surface area (Å²) < 4.78 is 5.52. The van der Waals surface area contributed by atoms with E-state index in [4.69, 9.17) is 10.5 Å². The second kappa shape index (κ2) is 6.39. The van der Waals surface area contributed by atoms with Crippen LogP contribution in [-0.4, -0.2) is 19.3 Å². The van der Waals surface area contributed by atoms with E-state index in [9.17, 15) is 0 Å². The van der Waals surface area contributed by atoms with Gasteiger partial charge in [-0.2, -0.15) is 0 Å². The maximum absolute atomic E-state index is 5.79. The molecule has 0 spiro atoms. The number of rotatable bonds is 8. The van der Waals surface area contributed by atoms with Crippen molar-refractivity contribution >= 4 is 0 Å². The minimum absolute atomic E-state index is 0.382. The van der Waals surface area contributed by atoms with Crippen molar-refractivity contribution in [3.8, 4) is 0 Å². The SMILES string of the molecule is CCC(N)CCCOCCC1CC1. The van der Waals surface area contributed by atoms with Crippen molar-refractivity contribution in [1.29, 1.82) is 0 Å². The van der Waals surface area contributed by atoms with Crippen molar-refractivity contribution in [2.75, 3.05) is 13.2 Å². The van der Waals surface area contributed by atoms with E-state index in [-0.39, 0.29) is 0 Å². The third-order valence-electron chi connectivity index (χ3n) is 2.76. The molecule has 2 nitrogen and oxygen atoms in total. The number of ether oxygens (including phenoxy) is 1. The van der Waals surface area contributed by atoms with Crippen molar-refractivity contribution in [1.82, 2.24) is 0 Å². The molecule has 2 heteroatoms. The summed E-state index contributed by atoms with van der Waals surface area (Å²) >= 11 is 0. The Morgan fingerprint density at radius 3 is 2.77 bits per heavy atom. The third-order valence-corrected chi connectivity index (χ3v) is 2.76. The van der Waals surface area contributed by atoms with E-state index >= 15 is 0 Å². The van der Waals surface area contributed by atoms with Crippen LogP contribution in [0.2, 0.25) is 0 Å². The second-order valence-corrected chi connectivity index (χ2v) is 4.15. The first-order valence-corrected chi connectivity index (χ1v) is 5.66. The van der Waals surface area contributed by atoms with Crippen LogP contribution in [0.15, 0.2) is 0 Å².